The molecule has 1 aromatic carbocycles. The predicted molar refractivity (Wildman–Crippen MR) is 124 cm³/mol. The van der Waals surface area contributed by atoms with Gasteiger partial charge in [-0.1, -0.05) is 44.2 Å². The van der Waals surface area contributed by atoms with Crippen LogP contribution in [0.5, 0.6) is 0 Å². The van der Waals surface area contributed by atoms with E-state index in [-0.39, 0.29) is 18.4 Å². The number of amides is 2. The second-order valence-electron chi connectivity index (χ2n) is 8.83. The minimum absolute atomic E-state index is 0.0985. The molecule has 0 bridgehead atoms. The quantitative estimate of drug-likeness (QED) is 0.461. The molecule has 0 aromatic heterocycles. The van der Waals surface area contributed by atoms with Crippen molar-refractivity contribution < 1.29 is 9.59 Å². The van der Waals surface area contributed by atoms with Crippen LogP contribution in [-0.2, 0) is 11.3 Å². The van der Waals surface area contributed by atoms with E-state index in [0.717, 1.165) is 23.9 Å². The molecule has 2 amide bonds. The third-order valence-corrected chi connectivity index (χ3v) is 6.33. The largest absolute Gasteiger partial charge is 0.354 e. The maximum atomic E-state index is 12.6. The number of rotatable bonds is 7. The fourth-order valence-corrected chi connectivity index (χ4v) is 4.41. The Bertz CT molecular complexity index is 756. The molecule has 170 valence electrons. The lowest BCUT2D eigenvalue weighted by Gasteiger charge is -2.26. The van der Waals surface area contributed by atoms with Crippen molar-refractivity contribution >= 4 is 17.8 Å². The highest BCUT2D eigenvalue weighted by Crippen LogP contribution is 2.27. The third kappa shape index (κ3) is 7.26. The van der Waals surface area contributed by atoms with E-state index in [4.69, 9.17) is 0 Å². The Morgan fingerprint density at radius 3 is 2.65 bits per heavy atom. The van der Waals surface area contributed by atoms with Gasteiger partial charge in [0.05, 0.1) is 6.54 Å². The molecular weight excluding hydrogens is 390 g/mol. The van der Waals surface area contributed by atoms with Crippen LogP contribution >= 0.6 is 0 Å². The summed E-state index contributed by atoms with van der Waals surface area (Å²) in [6.07, 6.45) is 9.44. The number of nitrogens with zero attached hydrogens (tertiary/aromatic N) is 2. The molecule has 3 rings (SSSR count). The van der Waals surface area contributed by atoms with Gasteiger partial charge in [-0.2, -0.15) is 0 Å². The lowest BCUT2D eigenvalue weighted by molar-refractivity contribution is -0.123. The van der Waals surface area contributed by atoms with Crippen molar-refractivity contribution in [3.63, 3.8) is 0 Å². The summed E-state index contributed by atoms with van der Waals surface area (Å²) in [7, 11) is 1.79. The van der Waals surface area contributed by atoms with E-state index in [1.807, 2.05) is 24.3 Å². The number of guanidine groups is 1. The molecule has 1 aromatic rings. The van der Waals surface area contributed by atoms with E-state index in [2.05, 4.69) is 27.9 Å². The summed E-state index contributed by atoms with van der Waals surface area (Å²) in [6.45, 7) is 4.04. The number of nitrogens with one attached hydrogen (secondary N) is 3. The Hall–Kier alpha value is -2.57. The minimum atomic E-state index is -0.104. The van der Waals surface area contributed by atoms with Crippen LogP contribution in [0.25, 0.3) is 0 Å². The zero-order valence-corrected chi connectivity index (χ0v) is 19.0. The Morgan fingerprint density at radius 2 is 1.97 bits per heavy atom. The van der Waals surface area contributed by atoms with Crippen molar-refractivity contribution in [1.29, 1.82) is 0 Å². The van der Waals surface area contributed by atoms with Crippen molar-refractivity contribution in [2.75, 3.05) is 26.7 Å². The van der Waals surface area contributed by atoms with Gasteiger partial charge in [-0.3, -0.25) is 14.6 Å². The Kier molecular flexibility index (Phi) is 8.74. The van der Waals surface area contributed by atoms with E-state index in [0.29, 0.717) is 31.2 Å². The van der Waals surface area contributed by atoms with E-state index < -0.39 is 0 Å². The van der Waals surface area contributed by atoms with Crippen molar-refractivity contribution in [3.8, 4) is 0 Å². The summed E-state index contributed by atoms with van der Waals surface area (Å²) in [4.78, 5) is 30.0. The summed E-state index contributed by atoms with van der Waals surface area (Å²) in [5.41, 5.74) is 1.68. The van der Waals surface area contributed by atoms with Gasteiger partial charge in [0.15, 0.2) is 5.96 Å². The van der Waals surface area contributed by atoms with Crippen molar-refractivity contribution in [3.05, 3.63) is 35.4 Å². The Balaban J connectivity index is 1.42. The number of aliphatic imine (C=N–C) groups is 1. The highest BCUT2D eigenvalue weighted by Gasteiger charge is 2.22. The fourth-order valence-electron chi connectivity index (χ4n) is 4.41. The number of benzene rings is 1. The zero-order chi connectivity index (χ0) is 22.1. The third-order valence-electron chi connectivity index (χ3n) is 6.33. The molecule has 1 aliphatic heterocycles. The standard InChI is InChI=1S/C24H37N5O2/c1-18(8-9-19-6-4-3-5-7-19)28-24(25-2)27-16-20-10-12-21(13-11-20)23(31)29-15-14-26-22(30)17-29/h10-13,18-19H,3-9,14-17H2,1-2H3,(H,26,30)(H2,25,27,28). The maximum absolute atomic E-state index is 12.6. The van der Waals surface area contributed by atoms with Crippen LogP contribution in [0, 0.1) is 5.92 Å². The highest BCUT2D eigenvalue weighted by atomic mass is 16.2. The summed E-state index contributed by atoms with van der Waals surface area (Å²) in [6, 6.07) is 7.94. The first kappa shape index (κ1) is 23.1. The van der Waals surface area contributed by atoms with Crippen molar-refractivity contribution in [1.82, 2.24) is 20.9 Å². The van der Waals surface area contributed by atoms with Gasteiger partial charge < -0.3 is 20.9 Å². The van der Waals surface area contributed by atoms with Crippen LogP contribution < -0.4 is 16.0 Å². The average molecular weight is 428 g/mol. The van der Waals surface area contributed by atoms with Gasteiger partial charge in [-0.25, -0.2) is 0 Å². The van der Waals surface area contributed by atoms with E-state index in [9.17, 15) is 9.59 Å². The molecule has 7 nitrogen and oxygen atoms in total. The smallest absolute Gasteiger partial charge is 0.254 e. The van der Waals surface area contributed by atoms with Crippen LogP contribution in [0.3, 0.4) is 0 Å². The SMILES string of the molecule is CN=C(NCc1ccc(C(=O)N2CCNC(=O)C2)cc1)NC(C)CCC1CCCCC1. The molecule has 1 saturated carbocycles. The monoisotopic (exact) mass is 427 g/mol. The first-order chi connectivity index (χ1) is 15.0. The molecule has 7 heteroatoms. The van der Waals surface area contributed by atoms with Gasteiger partial charge in [0.25, 0.3) is 5.91 Å². The molecule has 31 heavy (non-hydrogen) atoms. The van der Waals surface area contributed by atoms with Gasteiger partial charge >= 0.3 is 0 Å². The number of carbonyl (C=O) groups is 2. The van der Waals surface area contributed by atoms with Crippen LogP contribution in [0.15, 0.2) is 29.3 Å². The number of hydrogen-bond donors (Lipinski definition) is 3. The summed E-state index contributed by atoms with van der Waals surface area (Å²) in [5.74, 6) is 1.50. The van der Waals surface area contributed by atoms with E-state index in [1.54, 1.807) is 11.9 Å². The second-order valence-corrected chi connectivity index (χ2v) is 8.83. The highest BCUT2D eigenvalue weighted by molar-refractivity contribution is 5.97. The van der Waals surface area contributed by atoms with Gasteiger partial charge in [0.2, 0.25) is 5.91 Å². The molecule has 3 N–H and O–H groups in total. The minimum Gasteiger partial charge on any atom is -0.354 e. The van der Waals surface area contributed by atoms with Gasteiger partial charge in [-0.15, -0.1) is 0 Å². The molecule has 1 heterocycles. The van der Waals surface area contributed by atoms with Crippen LogP contribution in [0.1, 0.15) is 67.8 Å². The molecule has 0 radical (unpaired) electrons. The van der Waals surface area contributed by atoms with Crippen molar-refractivity contribution in [2.24, 2.45) is 10.9 Å². The number of hydrogen-bond acceptors (Lipinski definition) is 3. The maximum Gasteiger partial charge on any atom is 0.254 e. The van der Waals surface area contributed by atoms with Gasteiger partial charge in [0, 0.05) is 38.3 Å². The summed E-state index contributed by atoms with van der Waals surface area (Å²) < 4.78 is 0. The normalized spacial score (nSPS) is 19.0. The summed E-state index contributed by atoms with van der Waals surface area (Å²) in [5, 5.41) is 9.60. The van der Waals surface area contributed by atoms with E-state index >= 15 is 0 Å². The van der Waals surface area contributed by atoms with E-state index in [1.165, 1.54) is 38.5 Å². The number of piperazine rings is 1. The molecule has 1 atom stereocenters. The zero-order valence-electron chi connectivity index (χ0n) is 19.0. The van der Waals surface area contributed by atoms with Crippen molar-refractivity contribution in [2.45, 2.75) is 64.5 Å². The van der Waals surface area contributed by atoms with Crippen LogP contribution in [0.4, 0.5) is 0 Å². The first-order valence-corrected chi connectivity index (χ1v) is 11.7. The molecular formula is C24H37N5O2. The lowest BCUT2D eigenvalue weighted by Crippen LogP contribution is -2.49. The molecule has 1 saturated heterocycles. The molecule has 1 unspecified atom stereocenters. The summed E-state index contributed by atoms with van der Waals surface area (Å²) >= 11 is 0. The average Bonchev–Trinajstić information content (AvgIpc) is 2.81. The topological polar surface area (TPSA) is 85.8 Å². The lowest BCUT2D eigenvalue weighted by atomic mass is 9.85. The fraction of sp³-hybridized carbons (Fsp3) is 0.625. The molecule has 0 spiro atoms. The Labute approximate surface area is 186 Å². The van der Waals surface area contributed by atoms with Crippen LogP contribution in [0.2, 0.25) is 0 Å². The molecule has 2 aliphatic rings. The number of carbonyl (C=O) groups excluding carboxylic acids is 2. The predicted octanol–water partition coefficient (Wildman–Crippen LogP) is 2.67. The second kappa shape index (κ2) is 11.7. The first-order valence-electron chi connectivity index (χ1n) is 11.7. The van der Waals surface area contributed by atoms with Gasteiger partial charge in [-0.05, 0) is 43.4 Å². The Morgan fingerprint density at radius 1 is 1.23 bits per heavy atom. The van der Waals surface area contributed by atoms with Crippen LogP contribution in [-0.4, -0.2) is 55.4 Å². The molecule has 2 fully saturated rings. The van der Waals surface area contributed by atoms with Gasteiger partial charge in [0.1, 0.15) is 0 Å². The molecule has 1 aliphatic carbocycles.